The van der Waals surface area contributed by atoms with E-state index in [4.69, 9.17) is 16.3 Å². The van der Waals surface area contributed by atoms with Crippen molar-refractivity contribution in [1.29, 1.82) is 0 Å². The molecular formula is C13H16ClNO4S. The number of nitrogens with zero attached hydrogens (tertiary/aromatic N) is 1. The van der Waals surface area contributed by atoms with Crippen LogP contribution in [0.1, 0.15) is 31.9 Å². The molecule has 0 aliphatic rings. The van der Waals surface area contributed by atoms with E-state index in [1.807, 2.05) is 6.92 Å². The van der Waals surface area contributed by atoms with Crippen LogP contribution in [0.4, 0.5) is 0 Å². The second kappa shape index (κ2) is 8.11. The minimum Gasteiger partial charge on any atom is -0.449 e. The maximum Gasteiger partial charge on any atom is 0.303 e. The zero-order valence-corrected chi connectivity index (χ0v) is 12.8. The molecule has 0 aliphatic carbocycles. The molecule has 0 saturated heterocycles. The van der Waals surface area contributed by atoms with E-state index < -0.39 is 22.4 Å². The van der Waals surface area contributed by atoms with Gasteiger partial charge < -0.3 is 4.74 Å². The Morgan fingerprint density at radius 1 is 1.45 bits per heavy atom. The molecule has 0 N–H and O–H groups in total. The number of carbonyl (C=O) groups is 1. The molecule has 0 heterocycles. The second-order valence-corrected chi connectivity index (χ2v) is 5.79. The van der Waals surface area contributed by atoms with Gasteiger partial charge in [-0.25, -0.2) is 0 Å². The summed E-state index contributed by atoms with van der Waals surface area (Å²) in [4.78, 5) is 22.0. The van der Waals surface area contributed by atoms with Crippen molar-refractivity contribution in [2.24, 2.45) is 0 Å². The lowest BCUT2D eigenvalue weighted by Crippen LogP contribution is -2.28. The van der Waals surface area contributed by atoms with Gasteiger partial charge in [0.05, 0.1) is 0 Å². The SMILES string of the molecule is CCCS[C@H]([C@H](OC(C)=O)c1ccc(Cl)cc1)[N+](=O)[O-]. The molecule has 5 nitrogen and oxygen atoms in total. The number of rotatable bonds is 7. The van der Waals surface area contributed by atoms with E-state index in [0.29, 0.717) is 16.3 Å². The average Bonchev–Trinajstić information content (AvgIpc) is 2.38. The predicted molar refractivity (Wildman–Crippen MR) is 79.5 cm³/mol. The van der Waals surface area contributed by atoms with Crippen LogP contribution in [0.2, 0.25) is 5.02 Å². The predicted octanol–water partition coefficient (Wildman–Crippen LogP) is 3.69. The number of benzene rings is 1. The van der Waals surface area contributed by atoms with Gasteiger partial charge in [0.25, 0.3) is 5.37 Å². The Morgan fingerprint density at radius 3 is 2.50 bits per heavy atom. The van der Waals surface area contributed by atoms with E-state index in [2.05, 4.69) is 0 Å². The number of ether oxygens (including phenoxy) is 1. The topological polar surface area (TPSA) is 69.4 Å². The van der Waals surface area contributed by atoms with Gasteiger partial charge in [-0.05, 0) is 24.3 Å². The first-order valence-corrected chi connectivity index (χ1v) is 7.56. The Kier molecular flexibility index (Phi) is 6.81. The Balaban J connectivity index is 3.04. The van der Waals surface area contributed by atoms with E-state index in [-0.39, 0.29) is 0 Å². The molecular weight excluding hydrogens is 302 g/mol. The van der Waals surface area contributed by atoms with Crippen molar-refractivity contribution in [2.45, 2.75) is 31.7 Å². The molecule has 0 amide bonds. The Hall–Kier alpha value is -1.27. The number of nitro groups is 1. The van der Waals surface area contributed by atoms with Gasteiger partial charge in [0.1, 0.15) is 0 Å². The summed E-state index contributed by atoms with van der Waals surface area (Å²) < 4.78 is 5.15. The first-order chi connectivity index (χ1) is 9.45. The van der Waals surface area contributed by atoms with Gasteiger partial charge in [0.2, 0.25) is 6.10 Å². The van der Waals surface area contributed by atoms with E-state index in [9.17, 15) is 14.9 Å². The summed E-state index contributed by atoms with van der Waals surface area (Å²) in [5.41, 5.74) is 0.565. The fraction of sp³-hybridized carbons (Fsp3) is 0.462. The number of esters is 1. The zero-order chi connectivity index (χ0) is 15.1. The summed E-state index contributed by atoms with van der Waals surface area (Å²) in [7, 11) is 0. The van der Waals surface area contributed by atoms with Crippen molar-refractivity contribution >= 4 is 29.3 Å². The van der Waals surface area contributed by atoms with Crippen LogP contribution >= 0.6 is 23.4 Å². The lowest BCUT2D eigenvalue weighted by atomic mass is 10.1. The molecule has 1 rings (SSSR count). The van der Waals surface area contributed by atoms with Gasteiger partial charge in [-0.15, -0.1) is 0 Å². The average molecular weight is 318 g/mol. The Morgan fingerprint density at radius 2 is 2.05 bits per heavy atom. The number of carbonyl (C=O) groups excluding carboxylic acids is 1. The monoisotopic (exact) mass is 317 g/mol. The van der Waals surface area contributed by atoms with Crippen molar-refractivity contribution < 1.29 is 14.5 Å². The molecule has 0 bridgehead atoms. The number of thioether (sulfide) groups is 1. The third kappa shape index (κ3) is 5.02. The summed E-state index contributed by atoms with van der Waals surface area (Å²) >= 11 is 6.97. The Labute approximate surface area is 126 Å². The third-order valence-electron chi connectivity index (χ3n) is 2.45. The Bertz CT molecular complexity index is 466. The molecule has 1 aromatic carbocycles. The second-order valence-electron chi connectivity index (χ2n) is 4.13. The first kappa shape index (κ1) is 16.8. The molecule has 0 fully saturated rings. The number of halogens is 1. The van der Waals surface area contributed by atoms with Gasteiger partial charge in [-0.2, -0.15) is 0 Å². The molecule has 7 heteroatoms. The molecule has 2 atom stereocenters. The highest BCUT2D eigenvalue weighted by atomic mass is 35.5. The fourth-order valence-corrected chi connectivity index (χ4v) is 2.73. The highest BCUT2D eigenvalue weighted by molar-refractivity contribution is 7.99. The van der Waals surface area contributed by atoms with Gasteiger partial charge >= 0.3 is 5.97 Å². The summed E-state index contributed by atoms with van der Waals surface area (Å²) in [5, 5.41) is 10.7. The molecule has 0 unspecified atom stereocenters. The van der Waals surface area contributed by atoms with Gasteiger partial charge in [0, 0.05) is 22.4 Å². The van der Waals surface area contributed by atoms with Crippen LogP contribution in [-0.4, -0.2) is 22.0 Å². The molecule has 0 aromatic heterocycles. The van der Waals surface area contributed by atoms with E-state index >= 15 is 0 Å². The van der Waals surface area contributed by atoms with Crippen LogP contribution in [0.5, 0.6) is 0 Å². The van der Waals surface area contributed by atoms with Crippen molar-refractivity contribution in [2.75, 3.05) is 5.75 Å². The van der Waals surface area contributed by atoms with Crippen LogP contribution in [-0.2, 0) is 9.53 Å². The minimum atomic E-state index is -1.03. The van der Waals surface area contributed by atoms with Gasteiger partial charge in [-0.1, -0.05) is 42.4 Å². The molecule has 0 radical (unpaired) electrons. The summed E-state index contributed by atoms with van der Waals surface area (Å²) in [6.07, 6.45) is -0.112. The molecule has 20 heavy (non-hydrogen) atoms. The smallest absolute Gasteiger partial charge is 0.303 e. The fourth-order valence-electron chi connectivity index (χ4n) is 1.62. The van der Waals surface area contributed by atoms with E-state index in [1.165, 1.54) is 18.7 Å². The zero-order valence-electron chi connectivity index (χ0n) is 11.2. The van der Waals surface area contributed by atoms with Crippen LogP contribution in [0, 0.1) is 10.1 Å². The van der Waals surface area contributed by atoms with Crippen molar-refractivity contribution in [3.05, 3.63) is 45.0 Å². The summed E-state index contributed by atoms with van der Waals surface area (Å²) in [6, 6.07) is 6.52. The van der Waals surface area contributed by atoms with Gasteiger partial charge in [-0.3, -0.25) is 14.9 Å². The molecule has 0 saturated carbocycles. The molecule has 110 valence electrons. The standard InChI is InChI=1S/C13H16ClNO4S/c1-3-8-20-13(15(17)18)12(19-9(2)16)10-4-6-11(14)7-5-10/h4-7,12-13H,3,8H2,1-2H3/t12-,13-/m1/s1. The van der Waals surface area contributed by atoms with Crippen LogP contribution in [0.25, 0.3) is 0 Å². The normalized spacial score (nSPS) is 13.6. The minimum absolute atomic E-state index is 0.414. The van der Waals surface area contributed by atoms with Crippen molar-refractivity contribution in [3.8, 4) is 0 Å². The maximum atomic E-state index is 11.2. The molecule has 0 aliphatic heterocycles. The highest BCUT2D eigenvalue weighted by Crippen LogP contribution is 2.31. The van der Waals surface area contributed by atoms with Gasteiger partial charge in [0.15, 0.2) is 0 Å². The summed E-state index contributed by atoms with van der Waals surface area (Å²) in [5.74, 6) is 0.0747. The lowest BCUT2D eigenvalue weighted by molar-refractivity contribution is -0.507. The first-order valence-electron chi connectivity index (χ1n) is 6.13. The van der Waals surface area contributed by atoms with Crippen molar-refractivity contribution in [3.63, 3.8) is 0 Å². The lowest BCUT2D eigenvalue weighted by Gasteiger charge is -2.20. The number of hydrogen-bond acceptors (Lipinski definition) is 5. The molecule has 1 aromatic rings. The summed E-state index contributed by atoms with van der Waals surface area (Å²) in [6.45, 7) is 3.18. The highest BCUT2D eigenvalue weighted by Gasteiger charge is 2.35. The molecule has 0 spiro atoms. The van der Waals surface area contributed by atoms with E-state index in [1.54, 1.807) is 24.3 Å². The van der Waals surface area contributed by atoms with Crippen LogP contribution in [0.3, 0.4) is 0 Å². The van der Waals surface area contributed by atoms with Crippen LogP contribution in [0.15, 0.2) is 24.3 Å². The third-order valence-corrected chi connectivity index (χ3v) is 4.11. The van der Waals surface area contributed by atoms with Crippen molar-refractivity contribution in [1.82, 2.24) is 0 Å². The largest absolute Gasteiger partial charge is 0.449 e. The van der Waals surface area contributed by atoms with Crippen LogP contribution < -0.4 is 0 Å². The maximum absolute atomic E-state index is 11.2. The quantitative estimate of drug-likeness (QED) is 0.332. The number of hydrogen-bond donors (Lipinski definition) is 0. The van der Waals surface area contributed by atoms with E-state index in [0.717, 1.165) is 6.42 Å².